The Kier molecular flexibility index (Phi) is 7.75. The lowest BCUT2D eigenvalue weighted by Gasteiger charge is -2.41. The van der Waals surface area contributed by atoms with E-state index in [0.717, 1.165) is 25.0 Å². The summed E-state index contributed by atoms with van der Waals surface area (Å²) in [5.74, 6) is -0.931. The van der Waals surface area contributed by atoms with E-state index in [9.17, 15) is 9.59 Å². The molecule has 0 fully saturated rings. The van der Waals surface area contributed by atoms with E-state index in [1.807, 2.05) is 0 Å². The van der Waals surface area contributed by atoms with Crippen LogP contribution in [0.4, 0.5) is 0 Å². The highest BCUT2D eigenvalue weighted by molar-refractivity contribution is 5.81. The molecule has 0 heterocycles. The Bertz CT molecular complexity index is 393. The molecular weight excluding hydrogens is 292 g/mol. The molecule has 0 aliphatic carbocycles. The van der Waals surface area contributed by atoms with Gasteiger partial charge in [0.15, 0.2) is 0 Å². The van der Waals surface area contributed by atoms with Crippen LogP contribution in [0.15, 0.2) is 25.3 Å². The van der Waals surface area contributed by atoms with Gasteiger partial charge in [0.05, 0.1) is 0 Å². The van der Waals surface area contributed by atoms with E-state index in [1.54, 1.807) is 0 Å². The Labute approximate surface area is 140 Å². The van der Waals surface area contributed by atoms with Crippen molar-refractivity contribution in [3.05, 3.63) is 25.3 Å². The third kappa shape index (κ3) is 9.93. The van der Waals surface area contributed by atoms with Crippen LogP contribution in [0.5, 0.6) is 0 Å². The predicted molar refractivity (Wildman–Crippen MR) is 92.9 cm³/mol. The molecule has 0 rings (SSSR count). The minimum atomic E-state index is -0.466. The zero-order valence-corrected chi connectivity index (χ0v) is 15.5. The molecule has 0 unspecified atom stereocenters. The van der Waals surface area contributed by atoms with Gasteiger partial charge in [-0.15, -0.1) is 0 Å². The van der Waals surface area contributed by atoms with Crippen LogP contribution in [0.3, 0.4) is 0 Å². The highest BCUT2D eigenvalue weighted by Gasteiger charge is 2.40. The molecule has 0 radical (unpaired) electrons. The highest BCUT2D eigenvalue weighted by atomic mass is 16.5. The van der Waals surface area contributed by atoms with Gasteiger partial charge in [0.25, 0.3) is 0 Å². The normalized spacial score (nSPS) is 12.4. The first-order chi connectivity index (χ1) is 10.3. The van der Waals surface area contributed by atoms with E-state index in [4.69, 9.17) is 9.47 Å². The molecular formula is C19H32O4. The Hall–Kier alpha value is -1.58. The molecule has 0 aliphatic heterocycles. The average molecular weight is 324 g/mol. The van der Waals surface area contributed by atoms with Gasteiger partial charge < -0.3 is 9.47 Å². The lowest BCUT2D eigenvalue weighted by molar-refractivity contribution is -0.151. The maximum absolute atomic E-state index is 11.5. The van der Waals surface area contributed by atoms with Gasteiger partial charge in [0, 0.05) is 17.6 Å². The first-order valence-corrected chi connectivity index (χ1v) is 7.91. The van der Waals surface area contributed by atoms with E-state index in [2.05, 4.69) is 54.7 Å². The zero-order valence-electron chi connectivity index (χ0n) is 15.5. The van der Waals surface area contributed by atoms with E-state index in [0.29, 0.717) is 0 Å². The fraction of sp³-hybridized carbons (Fsp3) is 0.684. The van der Waals surface area contributed by atoms with Crippen molar-refractivity contribution in [2.75, 3.05) is 13.2 Å². The molecule has 0 bridgehead atoms. The quantitative estimate of drug-likeness (QED) is 0.493. The van der Waals surface area contributed by atoms with Gasteiger partial charge in [-0.25, -0.2) is 9.59 Å². The summed E-state index contributed by atoms with van der Waals surface area (Å²) in [4.78, 5) is 23.0. The van der Waals surface area contributed by atoms with Crippen molar-refractivity contribution in [1.29, 1.82) is 0 Å². The maximum atomic E-state index is 11.5. The molecule has 0 aromatic carbocycles. The van der Waals surface area contributed by atoms with Crippen LogP contribution in [-0.4, -0.2) is 25.2 Å². The lowest BCUT2D eigenvalue weighted by Crippen LogP contribution is -2.40. The third-order valence-electron chi connectivity index (χ3n) is 3.19. The monoisotopic (exact) mass is 324 g/mol. The molecule has 0 saturated carbocycles. The molecule has 0 aromatic rings. The SMILES string of the molecule is C=CC(=O)OCC(COC(=O)C=C)(CC(C)(C)C)CC(C)(C)C. The molecule has 4 heteroatoms. The average Bonchev–Trinajstić information content (AvgIpc) is 2.38. The molecule has 0 amide bonds. The van der Waals surface area contributed by atoms with Gasteiger partial charge in [0.1, 0.15) is 13.2 Å². The Balaban J connectivity index is 5.47. The first-order valence-electron chi connectivity index (χ1n) is 7.91. The summed E-state index contributed by atoms with van der Waals surface area (Å²) in [7, 11) is 0. The lowest BCUT2D eigenvalue weighted by atomic mass is 9.67. The molecule has 0 aromatic heterocycles. The molecule has 0 aliphatic rings. The second-order valence-corrected chi connectivity index (χ2v) is 8.60. The molecule has 132 valence electrons. The fourth-order valence-electron chi connectivity index (χ4n) is 3.12. The van der Waals surface area contributed by atoms with Gasteiger partial charge >= 0.3 is 11.9 Å². The van der Waals surface area contributed by atoms with Crippen molar-refractivity contribution in [3.63, 3.8) is 0 Å². The number of rotatable bonds is 8. The van der Waals surface area contributed by atoms with Gasteiger partial charge in [-0.05, 0) is 23.7 Å². The van der Waals surface area contributed by atoms with E-state index >= 15 is 0 Å². The molecule has 23 heavy (non-hydrogen) atoms. The van der Waals surface area contributed by atoms with Gasteiger partial charge in [0.2, 0.25) is 0 Å². The minimum absolute atomic E-state index is 0.00752. The van der Waals surface area contributed by atoms with Crippen molar-refractivity contribution in [2.45, 2.75) is 54.4 Å². The Morgan fingerprint density at radius 1 is 0.783 bits per heavy atom. The summed E-state index contributed by atoms with van der Waals surface area (Å²) in [5.41, 5.74) is -0.466. The van der Waals surface area contributed by atoms with Crippen LogP contribution in [0, 0.1) is 16.2 Å². The molecule has 0 N–H and O–H groups in total. The van der Waals surface area contributed by atoms with Crippen LogP contribution in [0.2, 0.25) is 0 Å². The molecule has 4 nitrogen and oxygen atoms in total. The second-order valence-electron chi connectivity index (χ2n) is 8.60. The topological polar surface area (TPSA) is 52.6 Å². The van der Waals surface area contributed by atoms with Gasteiger partial charge in [-0.1, -0.05) is 54.7 Å². The van der Waals surface area contributed by atoms with Crippen molar-refractivity contribution in [2.24, 2.45) is 16.2 Å². The highest BCUT2D eigenvalue weighted by Crippen LogP contribution is 2.43. The number of esters is 2. The predicted octanol–water partition coefficient (Wildman–Crippen LogP) is 4.30. The summed E-state index contributed by atoms with van der Waals surface area (Å²) in [5, 5.41) is 0. The number of hydrogen-bond acceptors (Lipinski definition) is 4. The smallest absolute Gasteiger partial charge is 0.330 e. The summed E-state index contributed by atoms with van der Waals surface area (Å²) in [6.07, 6.45) is 3.81. The van der Waals surface area contributed by atoms with Crippen LogP contribution in [0.1, 0.15) is 54.4 Å². The number of hydrogen-bond donors (Lipinski definition) is 0. The van der Waals surface area contributed by atoms with Crippen LogP contribution < -0.4 is 0 Å². The van der Waals surface area contributed by atoms with Crippen LogP contribution in [-0.2, 0) is 19.1 Å². The van der Waals surface area contributed by atoms with Crippen LogP contribution in [0.25, 0.3) is 0 Å². The Morgan fingerprint density at radius 2 is 1.09 bits per heavy atom. The summed E-state index contributed by atoms with van der Waals surface area (Å²) in [6.45, 7) is 20.0. The standard InChI is InChI=1S/C19H32O4/c1-9-15(20)22-13-19(11-17(3,4)5,12-18(6,7)8)14-23-16(21)10-2/h9-10H,1-2,11-14H2,3-8H3. The number of carbonyl (C=O) groups is 2. The van der Waals surface area contributed by atoms with Crippen LogP contribution >= 0.6 is 0 Å². The second kappa shape index (κ2) is 8.32. The fourth-order valence-corrected chi connectivity index (χ4v) is 3.12. The molecule has 0 spiro atoms. The van der Waals surface area contributed by atoms with Crippen molar-refractivity contribution in [1.82, 2.24) is 0 Å². The third-order valence-corrected chi connectivity index (χ3v) is 3.19. The number of ether oxygens (including phenoxy) is 2. The molecule has 0 atom stereocenters. The summed E-state index contributed by atoms with van der Waals surface area (Å²) >= 11 is 0. The van der Waals surface area contributed by atoms with E-state index in [1.165, 1.54) is 0 Å². The van der Waals surface area contributed by atoms with Crippen molar-refractivity contribution < 1.29 is 19.1 Å². The van der Waals surface area contributed by atoms with Crippen molar-refractivity contribution >= 4 is 11.9 Å². The Morgan fingerprint density at radius 3 is 1.30 bits per heavy atom. The largest absolute Gasteiger partial charge is 0.462 e. The van der Waals surface area contributed by atoms with Crippen molar-refractivity contribution in [3.8, 4) is 0 Å². The van der Waals surface area contributed by atoms with Gasteiger partial charge in [-0.2, -0.15) is 0 Å². The summed E-state index contributed by atoms with van der Waals surface area (Å²) < 4.78 is 10.7. The van der Waals surface area contributed by atoms with E-state index < -0.39 is 17.4 Å². The minimum Gasteiger partial charge on any atom is -0.462 e. The van der Waals surface area contributed by atoms with Gasteiger partial charge in [-0.3, -0.25) is 0 Å². The zero-order chi connectivity index (χ0) is 18.3. The number of carbonyl (C=O) groups excluding carboxylic acids is 2. The first kappa shape index (κ1) is 21.4. The summed E-state index contributed by atoms with van der Waals surface area (Å²) in [6, 6.07) is 0. The molecule has 0 saturated heterocycles. The van der Waals surface area contributed by atoms with E-state index in [-0.39, 0.29) is 24.0 Å². The maximum Gasteiger partial charge on any atom is 0.330 e.